The molecule has 21 heavy (non-hydrogen) atoms. The zero-order chi connectivity index (χ0) is 14.7. The van der Waals surface area contributed by atoms with Gasteiger partial charge in [-0.3, -0.25) is 4.68 Å². The summed E-state index contributed by atoms with van der Waals surface area (Å²) in [5.74, 6) is 1.99. The highest BCUT2D eigenvalue weighted by Crippen LogP contribution is 2.27. The average Bonchev–Trinajstić information content (AvgIpc) is 3.06. The second-order valence-electron chi connectivity index (χ2n) is 5.33. The van der Waals surface area contributed by atoms with E-state index < -0.39 is 0 Å². The van der Waals surface area contributed by atoms with E-state index in [0.29, 0.717) is 0 Å². The second-order valence-corrected chi connectivity index (χ2v) is 5.33. The molecule has 0 saturated carbocycles. The highest BCUT2D eigenvalue weighted by molar-refractivity contribution is 5.82. The molecule has 0 atom stereocenters. The quantitative estimate of drug-likeness (QED) is 0.740. The minimum Gasteiger partial charge on any atom is -0.461 e. The van der Waals surface area contributed by atoms with Gasteiger partial charge in [0.15, 0.2) is 0 Å². The highest BCUT2D eigenvalue weighted by Gasteiger charge is 2.13. The monoisotopic (exact) mass is 283 g/mol. The van der Waals surface area contributed by atoms with Gasteiger partial charge in [-0.2, -0.15) is 5.10 Å². The van der Waals surface area contributed by atoms with Crippen molar-refractivity contribution in [2.45, 2.75) is 32.7 Å². The molecule has 0 unspecified atom stereocenters. The fraction of sp³-hybridized carbons (Fsp3) is 0.353. The number of nitrogens with zero attached hydrogens (tertiary/aromatic N) is 2. The number of benzene rings is 1. The van der Waals surface area contributed by atoms with Crippen LogP contribution in [0, 0.1) is 0 Å². The molecular formula is C17H21N3O. The van der Waals surface area contributed by atoms with Gasteiger partial charge in [0.05, 0.1) is 0 Å². The number of hydrogen-bond acceptors (Lipinski definition) is 3. The summed E-state index contributed by atoms with van der Waals surface area (Å²) >= 11 is 0. The van der Waals surface area contributed by atoms with Gasteiger partial charge < -0.3 is 9.73 Å². The van der Waals surface area contributed by atoms with Crippen molar-refractivity contribution in [3.05, 3.63) is 47.9 Å². The zero-order valence-electron chi connectivity index (χ0n) is 12.6. The molecule has 2 aromatic heterocycles. The van der Waals surface area contributed by atoms with Crippen LogP contribution < -0.4 is 5.32 Å². The van der Waals surface area contributed by atoms with E-state index in [4.69, 9.17) is 4.42 Å². The topological polar surface area (TPSA) is 43.0 Å². The van der Waals surface area contributed by atoms with Crippen LogP contribution >= 0.6 is 0 Å². The Morgan fingerprint density at radius 2 is 2.10 bits per heavy atom. The Balaban J connectivity index is 1.87. The maximum Gasteiger partial charge on any atom is 0.148 e. The Morgan fingerprint density at radius 3 is 2.86 bits per heavy atom. The van der Waals surface area contributed by atoms with Gasteiger partial charge in [-0.25, -0.2) is 0 Å². The number of para-hydroxylation sites is 1. The van der Waals surface area contributed by atoms with E-state index in [1.807, 2.05) is 31.4 Å². The first-order chi connectivity index (χ1) is 10.3. The van der Waals surface area contributed by atoms with Crippen LogP contribution in [0.15, 0.2) is 40.9 Å². The van der Waals surface area contributed by atoms with E-state index in [0.717, 1.165) is 36.5 Å². The number of aromatic nitrogens is 2. The van der Waals surface area contributed by atoms with E-state index in [1.165, 1.54) is 17.4 Å². The Hall–Kier alpha value is -2.23. The van der Waals surface area contributed by atoms with Crippen LogP contribution in [-0.4, -0.2) is 9.78 Å². The molecule has 0 amide bonds. The van der Waals surface area contributed by atoms with Gasteiger partial charge in [0.25, 0.3) is 0 Å². The SMILES string of the molecule is CCCCc1oc2ccccc2c1CNc1ccn(C)n1. The predicted octanol–water partition coefficient (Wildman–Crippen LogP) is 4.12. The van der Waals surface area contributed by atoms with Crippen molar-refractivity contribution < 1.29 is 4.42 Å². The van der Waals surface area contributed by atoms with Gasteiger partial charge in [-0.1, -0.05) is 31.5 Å². The molecule has 4 heteroatoms. The van der Waals surface area contributed by atoms with Gasteiger partial charge in [-0.15, -0.1) is 0 Å². The molecule has 0 aliphatic rings. The maximum atomic E-state index is 6.03. The van der Waals surface area contributed by atoms with Crippen LogP contribution in [0.3, 0.4) is 0 Å². The fourth-order valence-electron chi connectivity index (χ4n) is 2.57. The molecule has 0 radical (unpaired) electrons. The fourth-order valence-corrected chi connectivity index (χ4v) is 2.57. The molecular weight excluding hydrogens is 262 g/mol. The summed E-state index contributed by atoms with van der Waals surface area (Å²) in [5, 5.41) is 8.94. The van der Waals surface area contributed by atoms with Gasteiger partial charge in [0.2, 0.25) is 0 Å². The van der Waals surface area contributed by atoms with Crippen molar-refractivity contribution in [3.8, 4) is 0 Å². The lowest BCUT2D eigenvalue weighted by molar-refractivity contribution is 0.531. The van der Waals surface area contributed by atoms with E-state index >= 15 is 0 Å². The first kappa shape index (κ1) is 13.7. The third-order valence-corrected chi connectivity index (χ3v) is 3.70. The normalized spacial score (nSPS) is 11.1. The van der Waals surface area contributed by atoms with Crippen molar-refractivity contribution in [3.63, 3.8) is 0 Å². The summed E-state index contributed by atoms with van der Waals surface area (Å²) in [5.41, 5.74) is 2.23. The summed E-state index contributed by atoms with van der Waals surface area (Å²) in [6.45, 7) is 2.95. The second kappa shape index (κ2) is 6.04. The van der Waals surface area contributed by atoms with Crippen molar-refractivity contribution in [2.24, 2.45) is 7.05 Å². The van der Waals surface area contributed by atoms with Gasteiger partial charge in [0.1, 0.15) is 17.2 Å². The molecule has 3 aromatic rings. The molecule has 0 fully saturated rings. The highest BCUT2D eigenvalue weighted by atomic mass is 16.3. The minimum absolute atomic E-state index is 0.743. The number of furan rings is 1. The Morgan fingerprint density at radius 1 is 1.24 bits per heavy atom. The summed E-state index contributed by atoms with van der Waals surface area (Å²) in [6, 6.07) is 10.2. The number of unbranched alkanes of at least 4 members (excludes halogenated alkanes) is 1. The standard InChI is InChI=1S/C17H21N3O/c1-3-4-8-16-14(12-18-17-10-11-20(2)19-17)13-7-5-6-9-15(13)21-16/h5-7,9-11H,3-4,8,12H2,1-2H3,(H,18,19). The zero-order valence-corrected chi connectivity index (χ0v) is 12.6. The molecule has 1 aromatic carbocycles. The van der Waals surface area contributed by atoms with E-state index in [-0.39, 0.29) is 0 Å². The molecule has 4 nitrogen and oxygen atoms in total. The van der Waals surface area contributed by atoms with Crippen LogP contribution in [-0.2, 0) is 20.0 Å². The molecule has 2 heterocycles. The molecule has 0 saturated heterocycles. The molecule has 110 valence electrons. The summed E-state index contributed by atoms with van der Waals surface area (Å²) in [4.78, 5) is 0. The van der Waals surface area contributed by atoms with Crippen LogP contribution in [0.5, 0.6) is 0 Å². The third-order valence-electron chi connectivity index (χ3n) is 3.70. The Labute approximate surface area is 124 Å². The summed E-state index contributed by atoms with van der Waals surface area (Å²) in [6.07, 6.45) is 5.25. The third kappa shape index (κ3) is 2.94. The average molecular weight is 283 g/mol. The van der Waals surface area contributed by atoms with Gasteiger partial charge in [-0.05, 0) is 12.5 Å². The molecule has 0 bridgehead atoms. The molecule has 0 aliphatic heterocycles. The largest absolute Gasteiger partial charge is 0.461 e. The lowest BCUT2D eigenvalue weighted by Crippen LogP contribution is -2.02. The van der Waals surface area contributed by atoms with Crippen molar-refractivity contribution >= 4 is 16.8 Å². The first-order valence-electron chi connectivity index (χ1n) is 7.50. The Kier molecular flexibility index (Phi) is 3.95. The predicted molar refractivity (Wildman–Crippen MR) is 85.4 cm³/mol. The van der Waals surface area contributed by atoms with Crippen molar-refractivity contribution in [1.29, 1.82) is 0 Å². The Bertz CT molecular complexity index is 727. The smallest absolute Gasteiger partial charge is 0.148 e. The van der Waals surface area contributed by atoms with E-state index in [2.05, 4.69) is 29.5 Å². The number of aryl methyl sites for hydroxylation is 2. The first-order valence-corrected chi connectivity index (χ1v) is 7.50. The summed E-state index contributed by atoms with van der Waals surface area (Å²) < 4.78 is 7.83. The van der Waals surface area contributed by atoms with Crippen molar-refractivity contribution in [1.82, 2.24) is 9.78 Å². The molecule has 0 aliphatic carbocycles. The number of fused-ring (bicyclic) bond motifs is 1. The van der Waals surface area contributed by atoms with Gasteiger partial charge >= 0.3 is 0 Å². The number of rotatable bonds is 6. The maximum absolute atomic E-state index is 6.03. The lowest BCUT2D eigenvalue weighted by Gasteiger charge is -2.04. The van der Waals surface area contributed by atoms with E-state index in [1.54, 1.807) is 4.68 Å². The van der Waals surface area contributed by atoms with Crippen LogP contribution in [0.1, 0.15) is 31.1 Å². The molecule has 0 spiro atoms. The van der Waals surface area contributed by atoms with Crippen LogP contribution in [0.2, 0.25) is 0 Å². The number of nitrogens with one attached hydrogen (secondary N) is 1. The van der Waals surface area contributed by atoms with Gasteiger partial charge in [0, 0.05) is 43.2 Å². The molecule has 3 rings (SSSR count). The molecule has 1 N–H and O–H groups in total. The van der Waals surface area contributed by atoms with E-state index in [9.17, 15) is 0 Å². The lowest BCUT2D eigenvalue weighted by atomic mass is 10.1. The van der Waals surface area contributed by atoms with Crippen LogP contribution in [0.4, 0.5) is 5.82 Å². The number of anilines is 1. The summed E-state index contributed by atoms with van der Waals surface area (Å²) in [7, 11) is 1.92. The minimum atomic E-state index is 0.743. The van der Waals surface area contributed by atoms with Crippen molar-refractivity contribution in [2.75, 3.05) is 5.32 Å². The number of hydrogen-bond donors (Lipinski definition) is 1. The van der Waals surface area contributed by atoms with Crippen LogP contribution in [0.25, 0.3) is 11.0 Å².